The van der Waals surface area contributed by atoms with Crippen LogP contribution in [0.4, 0.5) is 5.88 Å². The molecule has 20 heavy (non-hydrogen) atoms. The molecule has 0 radical (unpaired) electrons. The summed E-state index contributed by atoms with van der Waals surface area (Å²) in [5.74, 6) is -0.851. The summed E-state index contributed by atoms with van der Waals surface area (Å²) in [6.07, 6.45) is 0. The molecule has 1 N–H and O–H groups in total. The summed E-state index contributed by atoms with van der Waals surface area (Å²) in [5, 5.41) is 3.42. The molecule has 7 nitrogen and oxygen atoms in total. The number of thiophene rings is 1. The van der Waals surface area contributed by atoms with Gasteiger partial charge in [-0.3, -0.25) is 0 Å². The normalized spacial score (nSPS) is 11.3. The number of rotatable bonds is 4. The molecule has 0 spiro atoms. The molecular weight excluding hydrogens is 304 g/mol. The van der Waals surface area contributed by atoms with E-state index in [0.717, 1.165) is 10.9 Å². The van der Waals surface area contributed by atoms with Crippen LogP contribution in [0.3, 0.4) is 0 Å². The van der Waals surface area contributed by atoms with Crippen LogP contribution in [-0.4, -0.2) is 26.7 Å². The molecule has 0 bridgehead atoms. The predicted molar refractivity (Wildman–Crippen MR) is 72.4 cm³/mol. The van der Waals surface area contributed by atoms with Crippen LogP contribution in [0.1, 0.15) is 20.2 Å². The van der Waals surface area contributed by atoms with E-state index in [4.69, 9.17) is 4.52 Å². The third-order valence-corrected chi connectivity index (χ3v) is 4.99. The smallest absolute Gasteiger partial charge is 0.360 e. The average molecular weight is 316 g/mol. The van der Waals surface area contributed by atoms with E-state index >= 15 is 0 Å². The van der Waals surface area contributed by atoms with Gasteiger partial charge in [0, 0.05) is 15.8 Å². The number of aryl methyl sites for hydroxylation is 2. The highest BCUT2D eigenvalue weighted by Gasteiger charge is 2.22. The van der Waals surface area contributed by atoms with Crippen molar-refractivity contribution in [2.75, 3.05) is 11.8 Å². The summed E-state index contributed by atoms with van der Waals surface area (Å²) in [4.78, 5) is 12.9. The number of anilines is 1. The first-order valence-electron chi connectivity index (χ1n) is 5.48. The Hall–Kier alpha value is -1.87. The number of hydrogen-bond acceptors (Lipinski definition) is 7. The summed E-state index contributed by atoms with van der Waals surface area (Å²) in [5.41, 5.74) is -0.108. The first-order chi connectivity index (χ1) is 9.33. The highest BCUT2D eigenvalue weighted by Crippen LogP contribution is 2.26. The number of carbonyl (C=O) groups is 1. The molecule has 0 fully saturated rings. The molecule has 0 saturated carbocycles. The Morgan fingerprint density at radius 3 is 2.65 bits per heavy atom. The lowest BCUT2D eigenvalue weighted by molar-refractivity contribution is 0.0589. The van der Waals surface area contributed by atoms with Crippen molar-refractivity contribution in [1.82, 2.24) is 5.16 Å². The number of carbonyl (C=O) groups excluding carboxylic acids is 1. The first-order valence-corrected chi connectivity index (χ1v) is 7.78. The number of ether oxygens (including phenoxy) is 1. The van der Waals surface area contributed by atoms with Crippen LogP contribution >= 0.6 is 11.3 Å². The van der Waals surface area contributed by atoms with E-state index in [1.807, 2.05) is 6.92 Å². The van der Waals surface area contributed by atoms with Crippen molar-refractivity contribution in [1.29, 1.82) is 0 Å². The van der Waals surface area contributed by atoms with Gasteiger partial charge in [0.05, 0.1) is 7.11 Å². The molecule has 0 aliphatic heterocycles. The molecular formula is C11H12N2O5S2. The van der Waals surface area contributed by atoms with Gasteiger partial charge >= 0.3 is 5.97 Å². The second kappa shape index (κ2) is 5.25. The topological polar surface area (TPSA) is 98.5 Å². The fraction of sp³-hybridized carbons (Fsp3) is 0.273. The molecule has 2 heterocycles. The lowest BCUT2D eigenvalue weighted by atomic mass is 10.4. The van der Waals surface area contributed by atoms with Crippen molar-refractivity contribution in [2.24, 2.45) is 0 Å². The second-order valence-corrected chi connectivity index (χ2v) is 7.06. The molecule has 0 aliphatic carbocycles. The minimum Gasteiger partial charge on any atom is -0.464 e. The number of esters is 1. The summed E-state index contributed by atoms with van der Waals surface area (Å²) >= 11 is 1.38. The third-order valence-electron chi connectivity index (χ3n) is 2.42. The zero-order valence-electron chi connectivity index (χ0n) is 11.0. The number of nitrogens with zero attached hydrogens (tertiary/aromatic N) is 1. The Labute approximate surface area is 119 Å². The van der Waals surface area contributed by atoms with Crippen LogP contribution in [0.25, 0.3) is 0 Å². The van der Waals surface area contributed by atoms with E-state index < -0.39 is 16.0 Å². The summed E-state index contributed by atoms with van der Waals surface area (Å²) in [7, 11) is -2.57. The molecule has 108 valence electrons. The van der Waals surface area contributed by atoms with Crippen molar-refractivity contribution in [2.45, 2.75) is 18.7 Å². The maximum atomic E-state index is 12.2. The van der Waals surface area contributed by atoms with Crippen molar-refractivity contribution in [3.63, 3.8) is 0 Å². The zero-order chi connectivity index (χ0) is 14.9. The zero-order valence-corrected chi connectivity index (χ0v) is 12.6. The van der Waals surface area contributed by atoms with Gasteiger partial charge in [0.15, 0.2) is 5.69 Å². The molecule has 0 aliphatic rings. The van der Waals surface area contributed by atoms with Crippen LogP contribution in [-0.2, 0) is 14.8 Å². The minimum absolute atomic E-state index is 0.108. The van der Waals surface area contributed by atoms with Crippen molar-refractivity contribution in [3.8, 4) is 0 Å². The molecule has 0 saturated heterocycles. The number of methoxy groups -OCH3 is 1. The Morgan fingerprint density at radius 2 is 2.10 bits per heavy atom. The van der Waals surface area contributed by atoms with Crippen LogP contribution in [0.5, 0.6) is 0 Å². The van der Waals surface area contributed by atoms with E-state index in [1.54, 1.807) is 13.0 Å². The number of sulfonamides is 1. The summed E-state index contributed by atoms with van der Waals surface area (Å²) < 4.78 is 35.8. The van der Waals surface area contributed by atoms with Crippen LogP contribution in [0, 0.1) is 13.8 Å². The van der Waals surface area contributed by atoms with Crippen LogP contribution in [0.2, 0.25) is 0 Å². The summed E-state index contributed by atoms with van der Waals surface area (Å²) in [6, 6.07) is 2.73. The van der Waals surface area contributed by atoms with Gasteiger partial charge in [0.25, 0.3) is 10.0 Å². The predicted octanol–water partition coefficient (Wildman–Crippen LogP) is 1.94. The molecule has 0 atom stereocenters. The highest BCUT2D eigenvalue weighted by molar-refractivity contribution is 7.92. The van der Waals surface area contributed by atoms with Crippen LogP contribution in [0.15, 0.2) is 21.6 Å². The quantitative estimate of drug-likeness (QED) is 0.866. The fourth-order valence-electron chi connectivity index (χ4n) is 1.59. The van der Waals surface area contributed by atoms with Gasteiger partial charge in [-0.05, 0) is 19.9 Å². The van der Waals surface area contributed by atoms with Crippen molar-refractivity contribution < 1.29 is 22.5 Å². The monoisotopic (exact) mass is 316 g/mol. The lowest BCUT2D eigenvalue weighted by Crippen LogP contribution is -2.12. The van der Waals surface area contributed by atoms with Gasteiger partial charge in [-0.2, -0.15) is 0 Å². The Balaban J connectivity index is 2.27. The maximum Gasteiger partial charge on any atom is 0.360 e. The van der Waals surface area contributed by atoms with Gasteiger partial charge in [0.2, 0.25) is 5.88 Å². The average Bonchev–Trinajstić information content (AvgIpc) is 2.95. The third kappa shape index (κ3) is 2.83. The number of hydrogen-bond donors (Lipinski definition) is 1. The van der Waals surface area contributed by atoms with Gasteiger partial charge in [-0.25, -0.2) is 17.9 Å². The van der Waals surface area contributed by atoms with Gasteiger partial charge in [0.1, 0.15) is 4.90 Å². The van der Waals surface area contributed by atoms with Crippen molar-refractivity contribution >= 4 is 33.2 Å². The molecule has 0 unspecified atom stereocenters. The van der Waals surface area contributed by atoms with Crippen LogP contribution < -0.4 is 4.72 Å². The number of nitrogens with one attached hydrogen (secondary N) is 1. The lowest BCUT2D eigenvalue weighted by Gasteiger charge is -2.03. The number of aromatic nitrogens is 1. The van der Waals surface area contributed by atoms with Gasteiger partial charge < -0.3 is 9.26 Å². The fourth-order valence-corrected chi connectivity index (χ4v) is 4.12. The highest BCUT2D eigenvalue weighted by atomic mass is 32.2. The SMILES string of the molecule is COC(=O)c1cc(NS(=O)(=O)c2cc(C)sc2C)on1. The van der Waals surface area contributed by atoms with E-state index in [9.17, 15) is 13.2 Å². The van der Waals surface area contributed by atoms with Gasteiger partial charge in [-0.1, -0.05) is 5.16 Å². The van der Waals surface area contributed by atoms with Gasteiger partial charge in [-0.15, -0.1) is 11.3 Å². The maximum absolute atomic E-state index is 12.2. The molecule has 2 aromatic rings. The van der Waals surface area contributed by atoms with E-state index in [0.29, 0.717) is 4.88 Å². The minimum atomic E-state index is -3.77. The Kier molecular flexibility index (Phi) is 3.82. The summed E-state index contributed by atoms with van der Waals surface area (Å²) in [6.45, 7) is 3.53. The molecule has 9 heteroatoms. The Morgan fingerprint density at radius 1 is 1.40 bits per heavy atom. The molecule has 0 aromatic carbocycles. The molecule has 2 aromatic heterocycles. The molecule has 2 rings (SSSR count). The van der Waals surface area contributed by atoms with E-state index in [-0.39, 0.29) is 16.5 Å². The largest absolute Gasteiger partial charge is 0.464 e. The first kappa shape index (κ1) is 14.5. The Bertz CT molecular complexity index is 745. The van der Waals surface area contributed by atoms with E-state index in [2.05, 4.69) is 14.6 Å². The standard InChI is InChI=1S/C11H12N2O5S2/c1-6-4-9(7(2)19-6)20(15,16)13-10-5-8(12-18-10)11(14)17-3/h4-5,13H,1-3H3. The molecule has 0 amide bonds. The van der Waals surface area contributed by atoms with Crippen molar-refractivity contribution in [3.05, 3.63) is 27.6 Å². The second-order valence-electron chi connectivity index (χ2n) is 3.95. The van der Waals surface area contributed by atoms with E-state index in [1.165, 1.54) is 18.4 Å².